The first kappa shape index (κ1) is 17.5. The number of amides is 1. The molecule has 3 rings (SSSR count). The van der Waals surface area contributed by atoms with Crippen LogP contribution in [0.3, 0.4) is 0 Å². The number of nitrogens with zero attached hydrogens (tertiary/aromatic N) is 2. The van der Waals surface area contributed by atoms with E-state index in [0.717, 1.165) is 25.9 Å². The normalized spacial score (nSPS) is 14.5. The molecule has 5 nitrogen and oxygen atoms in total. The van der Waals surface area contributed by atoms with Crippen LogP contribution in [0.4, 0.5) is 5.69 Å². The molecule has 1 saturated heterocycles. The van der Waals surface area contributed by atoms with E-state index >= 15 is 0 Å². The molecule has 0 unspecified atom stereocenters. The van der Waals surface area contributed by atoms with E-state index in [2.05, 4.69) is 0 Å². The molecule has 0 radical (unpaired) electrons. The molecule has 0 spiro atoms. The van der Waals surface area contributed by atoms with E-state index in [1.54, 1.807) is 31.2 Å². The fourth-order valence-corrected chi connectivity index (χ4v) is 4.56. The van der Waals surface area contributed by atoms with Crippen molar-refractivity contribution in [1.29, 1.82) is 0 Å². The molecule has 1 fully saturated rings. The smallest absolute Gasteiger partial charge is 0.264 e. The fraction of sp³-hybridized carbons (Fsp3) is 0.316. The number of benzene rings is 2. The summed E-state index contributed by atoms with van der Waals surface area (Å²) in [5, 5.41) is 0. The van der Waals surface area contributed by atoms with Gasteiger partial charge in [-0.05, 0) is 56.2 Å². The first-order valence-corrected chi connectivity index (χ1v) is 9.95. The van der Waals surface area contributed by atoms with Crippen LogP contribution >= 0.6 is 0 Å². The third kappa shape index (κ3) is 3.54. The van der Waals surface area contributed by atoms with Gasteiger partial charge in [0.15, 0.2) is 0 Å². The molecule has 6 heteroatoms. The van der Waals surface area contributed by atoms with Crippen LogP contribution in [0.15, 0.2) is 59.5 Å². The average molecular weight is 358 g/mol. The van der Waals surface area contributed by atoms with Crippen molar-refractivity contribution in [2.24, 2.45) is 0 Å². The highest BCUT2D eigenvalue weighted by molar-refractivity contribution is 7.92. The maximum Gasteiger partial charge on any atom is 0.264 e. The first-order valence-electron chi connectivity index (χ1n) is 8.51. The van der Waals surface area contributed by atoms with Gasteiger partial charge in [0.25, 0.3) is 15.9 Å². The predicted molar refractivity (Wildman–Crippen MR) is 98.2 cm³/mol. The van der Waals surface area contributed by atoms with Crippen molar-refractivity contribution < 1.29 is 13.2 Å². The zero-order valence-electron chi connectivity index (χ0n) is 14.3. The van der Waals surface area contributed by atoms with Gasteiger partial charge in [0, 0.05) is 25.2 Å². The number of carbonyl (C=O) groups is 1. The van der Waals surface area contributed by atoms with Gasteiger partial charge in [-0.3, -0.25) is 9.10 Å². The van der Waals surface area contributed by atoms with Crippen LogP contribution in [-0.2, 0) is 10.0 Å². The van der Waals surface area contributed by atoms with Crippen LogP contribution < -0.4 is 4.31 Å². The van der Waals surface area contributed by atoms with Gasteiger partial charge in [-0.15, -0.1) is 0 Å². The highest BCUT2D eigenvalue weighted by Gasteiger charge is 2.24. The number of anilines is 1. The van der Waals surface area contributed by atoms with E-state index in [1.807, 2.05) is 23.1 Å². The Morgan fingerprint density at radius 2 is 1.60 bits per heavy atom. The lowest BCUT2D eigenvalue weighted by Gasteiger charge is -2.23. The number of sulfonamides is 1. The van der Waals surface area contributed by atoms with E-state index in [0.29, 0.717) is 17.8 Å². The first-order chi connectivity index (χ1) is 12.0. The van der Waals surface area contributed by atoms with Gasteiger partial charge in [0.05, 0.1) is 10.6 Å². The molecule has 0 aliphatic carbocycles. The molecule has 1 aliphatic rings. The topological polar surface area (TPSA) is 57.7 Å². The molecule has 132 valence electrons. The van der Waals surface area contributed by atoms with Crippen molar-refractivity contribution in [3.05, 3.63) is 60.2 Å². The lowest BCUT2D eigenvalue weighted by Crippen LogP contribution is -2.31. The van der Waals surface area contributed by atoms with Crippen LogP contribution in [0, 0.1) is 0 Å². The Labute approximate surface area is 148 Å². The van der Waals surface area contributed by atoms with Crippen molar-refractivity contribution >= 4 is 21.6 Å². The number of carbonyl (C=O) groups excluding carboxylic acids is 1. The van der Waals surface area contributed by atoms with Gasteiger partial charge in [0.1, 0.15) is 0 Å². The summed E-state index contributed by atoms with van der Waals surface area (Å²) in [6.07, 6.45) is 2.06. The summed E-state index contributed by atoms with van der Waals surface area (Å²) in [7, 11) is -3.66. The lowest BCUT2D eigenvalue weighted by atomic mass is 10.2. The van der Waals surface area contributed by atoms with Gasteiger partial charge in [-0.25, -0.2) is 8.42 Å². The Kier molecular flexibility index (Phi) is 5.08. The Hall–Kier alpha value is -2.34. The fourth-order valence-electron chi connectivity index (χ4n) is 3.09. The van der Waals surface area contributed by atoms with E-state index < -0.39 is 10.0 Å². The van der Waals surface area contributed by atoms with Crippen molar-refractivity contribution in [2.75, 3.05) is 23.9 Å². The van der Waals surface area contributed by atoms with Crippen molar-refractivity contribution in [1.82, 2.24) is 4.90 Å². The van der Waals surface area contributed by atoms with Gasteiger partial charge in [0.2, 0.25) is 0 Å². The monoisotopic (exact) mass is 358 g/mol. The van der Waals surface area contributed by atoms with E-state index in [9.17, 15) is 13.2 Å². The second-order valence-corrected chi connectivity index (χ2v) is 7.89. The van der Waals surface area contributed by atoms with Crippen molar-refractivity contribution in [3.63, 3.8) is 0 Å². The molecule has 25 heavy (non-hydrogen) atoms. The molecule has 0 bridgehead atoms. The SMILES string of the molecule is CCN(c1ccccc1)S(=O)(=O)c1ccc(C(=O)N2CCCC2)cc1. The zero-order chi connectivity index (χ0) is 17.9. The maximum absolute atomic E-state index is 12.9. The second-order valence-electron chi connectivity index (χ2n) is 6.03. The van der Waals surface area contributed by atoms with Crippen molar-refractivity contribution in [3.8, 4) is 0 Å². The number of likely N-dealkylation sites (tertiary alicyclic amines) is 1. The average Bonchev–Trinajstić information content (AvgIpc) is 3.17. The molecule has 0 saturated carbocycles. The van der Waals surface area contributed by atoms with E-state index in [-0.39, 0.29) is 10.8 Å². The molecule has 0 aromatic heterocycles. The summed E-state index contributed by atoms with van der Waals surface area (Å²) >= 11 is 0. The molecule has 0 N–H and O–H groups in total. The summed E-state index contributed by atoms with van der Waals surface area (Å²) in [5.41, 5.74) is 1.16. The maximum atomic E-state index is 12.9. The van der Waals surface area contributed by atoms with E-state index in [4.69, 9.17) is 0 Å². The molecular weight excluding hydrogens is 336 g/mol. The van der Waals surface area contributed by atoms with Crippen LogP contribution in [0.2, 0.25) is 0 Å². The van der Waals surface area contributed by atoms with Crippen molar-refractivity contribution in [2.45, 2.75) is 24.7 Å². The van der Waals surface area contributed by atoms with E-state index in [1.165, 1.54) is 16.4 Å². The van der Waals surface area contributed by atoms with Gasteiger partial charge in [-0.2, -0.15) is 0 Å². The number of hydrogen-bond acceptors (Lipinski definition) is 3. The quantitative estimate of drug-likeness (QED) is 0.825. The molecule has 1 aliphatic heterocycles. The van der Waals surface area contributed by atoms with Crippen LogP contribution in [0.1, 0.15) is 30.1 Å². The highest BCUT2D eigenvalue weighted by atomic mass is 32.2. The third-order valence-corrected chi connectivity index (χ3v) is 6.33. The Bertz CT molecular complexity index is 827. The summed E-state index contributed by atoms with van der Waals surface area (Å²) in [6, 6.07) is 15.3. The zero-order valence-corrected chi connectivity index (χ0v) is 15.1. The van der Waals surface area contributed by atoms with Gasteiger partial charge >= 0.3 is 0 Å². The lowest BCUT2D eigenvalue weighted by molar-refractivity contribution is 0.0792. The van der Waals surface area contributed by atoms with Gasteiger partial charge in [-0.1, -0.05) is 18.2 Å². The summed E-state index contributed by atoms with van der Waals surface area (Å²) in [6.45, 7) is 3.68. The minimum absolute atomic E-state index is 0.0307. The summed E-state index contributed by atoms with van der Waals surface area (Å²) < 4.78 is 27.2. The largest absolute Gasteiger partial charge is 0.339 e. The third-order valence-electron chi connectivity index (χ3n) is 4.41. The number of hydrogen-bond donors (Lipinski definition) is 0. The summed E-state index contributed by atoms with van der Waals surface area (Å²) in [5.74, 6) is -0.0307. The number of rotatable bonds is 5. The van der Waals surface area contributed by atoms with Gasteiger partial charge < -0.3 is 4.90 Å². The molecule has 0 atom stereocenters. The van der Waals surface area contributed by atoms with Crippen LogP contribution in [0.25, 0.3) is 0 Å². The Morgan fingerprint density at radius 3 is 2.16 bits per heavy atom. The van der Waals surface area contributed by atoms with Crippen LogP contribution in [-0.4, -0.2) is 38.9 Å². The predicted octanol–water partition coefficient (Wildman–Crippen LogP) is 3.14. The minimum atomic E-state index is -3.66. The number of para-hydroxylation sites is 1. The molecule has 1 heterocycles. The molecular formula is C19H22N2O3S. The Morgan fingerprint density at radius 1 is 1.00 bits per heavy atom. The highest BCUT2D eigenvalue weighted by Crippen LogP contribution is 2.24. The summed E-state index contributed by atoms with van der Waals surface area (Å²) in [4.78, 5) is 14.4. The molecule has 2 aromatic carbocycles. The Balaban J connectivity index is 1.86. The molecule has 1 amide bonds. The second kappa shape index (κ2) is 7.27. The minimum Gasteiger partial charge on any atom is -0.339 e. The molecule has 2 aromatic rings. The van der Waals surface area contributed by atoms with Crippen LogP contribution in [0.5, 0.6) is 0 Å². The standard InChI is InChI=1S/C19H22N2O3S/c1-2-21(17-8-4-3-5-9-17)25(23,24)18-12-10-16(11-13-18)19(22)20-14-6-7-15-20/h3-5,8-13H,2,6-7,14-15H2,1H3.